The van der Waals surface area contributed by atoms with Gasteiger partial charge < -0.3 is 4.74 Å². The molecule has 0 saturated heterocycles. The lowest BCUT2D eigenvalue weighted by Gasteiger charge is -2.11. The molecule has 0 amide bonds. The highest BCUT2D eigenvalue weighted by molar-refractivity contribution is 8.13. The predicted octanol–water partition coefficient (Wildman–Crippen LogP) is 2.41. The number of ether oxygens (including phenoxy) is 1. The summed E-state index contributed by atoms with van der Waals surface area (Å²) in [5.74, 6) is -0.427. The molecule has 0 fully saturated rings. The smallest absolute Gasteiger partial charge is 0.232 e. The highest BCUT2D eigenvalue weighted by atomic mass is 35.7. The summed E-state index contributed by atoms with van der Waals surface area (Å²) in [4.78, 5) is 0. The van der Waals surface area contributed by atoms with Gasteiger partial charge in [0, 0.05) is 22.7 Å². The average molecular weight is 267 g/mol. The fraction of sp³-hybridized carbons (Fsp3) is 0.400. The van der Waals surface area contributed by atoms with Crippen molar-refractivity contribution >= 4 is 19.7 Å². The number of hydrogen-bond acceptors (Lipinski definition) is 3. The van der Waals surface area contributed by atoms with Gasteiger partial charge in [-0.25, -0.2) is 12.8 Å². The Morgan fingerprint density at radius 1 is 1.50 bits per heavy atom. The van der Waals surface area contributed by atoms with E-state index in [1.807, 2.05) is 0 Å². The first kappa shape index (κ1) is 13.3. The Kier molecular flexibility index (Phi) is 4.56. The van der Waals surface area contributed by atoms with Crippen LogP contribution in [0.15, 0.2) is 24.3 Å². The molecule has 0 radical (unpaired) electrons. The Bertz CT molecular complexity index is 447. The van der Waals surface area contributed by atoms with Crippen LogP contribution in [0.4, 0.5) is 4.39 Å². The Labute approximate surface area is 98.6 Å². The van der Waals surface area contributed by atoms with E-state index in [0.29, 0.717) is 5.75 Å². The standard InChI is InChI=1S/C10H12ClFO3S/c1-8(7-16(11,13)14)6-15-10-4-2-3-9(12)5-10/h2-5,8H,6-7H2,1H3. The molecule has 1 rings (SSSR count). The summed E-state index contributed by atoms with van der Waals surface area (Å²) in [5, 5.41) is 0. The van der Waals surface area contributed by atoms with Gasteiger partial charge in [0.05, 0.1) is 12.4 Å². The van der Waals surface area contributed by atoms with Crippen molar-refractivity contribution in [2.45, 2.75) is 6.92 Å². The van der Waals surface area contributed by atoms with Crippen molar-refractivity contribution in [3.05, 3.63) is 30.1 Å². The maximum absolute atomic E-state index is 12.8. The molecule has 1 aromatic rings. The molecule has 3 nitrogen and oxygen atoms in total. The van der Waals surface area contributed by atoms with Gasteiger partial charge in [-0.1, -0.05) is 13.0 Å². The van der Waals surface area contributed by atoms with E-state index in [4.69, 9.17) is 15.4 Å². The monoisotopic (exact) mass is 266 g/mol. The molecule has 0 saturated carbocycles. The molecule has 0 aliphatic heterocycles. The molecule has 1 aromatic carbocycles. The maximum atomic E-state index is 12.8. The molecule has 90 valence electrons. The molecular formula is C10H12ClFO3S. The maximum Gasteiger partial charge on any atom is 0.232 e. The summed E-state index contributed by atoms with van der Waals surface area (Å²) in [5.41, 5.74) is 0. The second-order valence-corrected chi connectivity index (χ2v) is 6.40. The molecule has 0 bridgehead atoms. The number of halogens is 2. The first-order valence-corrected chi connectivity index (χ1v) is 7.15. The Balaban J connectivity index is 2.46. The lowest BCUT2D eigenvalue weighted by molar-refractivity contribution is 0.271. The summed E-state index contributed by atoms with van der Waals surface area (Å²) in [7, 11) is 1.57. The number of benzene rings is 1. The van der Waals surface area contributed by atoms with Crippen molar-refractivity contribution in [3.8, 4) is 5.75 Å². The van der Waals surface area contributed by atoms with Gasteiger partial charge in [0.1, 0.15) is 11.6 Å². The Hall–Kier alpha value is -0.810. The summed E-state index contributed by atoms with van der Waals surface area (Å²) in [6, 6.07) is 5.67. The number of hydrogen-bond donors (Lipinski definition) is 0. The van der Waals surface area contributed by atoms with E-state index < -0.39 is 14.9 Å². The fourth-order valence-corrected chi connectivity index (χ4v) is 2.60. The van der Waals surface area contributed by atoms with Crippen LogP contribution in [-0.2, 0) is 9.05 Å². The van der Waals surface area contributed by atoms with Crippen LogP contribution < -0.4 is 4.74 Å². The molecule has 1 unspecified atom stereocenters. The highest BCUT2D eigenvalue weighted by Gasteiger charge is 2.13. The van der Waals surface area contributed by atoms with E-state index in [-0.39, 0.29) is 18.3 Å². The quantitative estimate of drug-likeness (QED) is 0.769. The minimum absolute atomic E-state index is 0.163. The lowest BCUT2D eigenvalue weighted by atomic mass is 10.2. The van der Waals surface area contributed by atoms with Crippen molar-refractivity contribution in [3.63, 3.8) is 0 Å². The molecule has 0 aliphatic rings. The summed E-state index contributed by atoms with van der Waals surface area (Å²) in [6.07, 6.45) is 0. The topological polar surface area (TPSA) is 43.4 Å². The van der Waals surface area contributed by atoms with Crippen LogP contribution in [0, 0.1) is 11.7 Å². The van der Waals surface area contributed by atoms with Crippen LogP contribution in [-0.4, -0.2) is 20.8 Å². The number of rotatable bonds is 5. The fourth-order valence-electron chi connectivity index (χ4n) is 1.18. The van der Waals surface area contributed by atoms with Gasteiger partial charge in [-0.2, -0.15) is 0 Å². The van der Waals surface area contributed by atoms with Crippen molar-refractivity contribution in [1.82, 2.24) is 0 Å². The van der Waals surface area contributed by atoms with Crippen molar-refractivity contribution in [2.75, 3.05) is 12.4 Å². The zero-order valence-electron chi connectivity index (χ0n) is 8.69. The van der Waals surface area contributed by atoms with Crippen LogP contribution in [0.25, 0.3) is 0 Å². The molecular weight excluding hydrogens is 255 g/mol. The summed E-state index contributed by atoms with van der Waals surface area (Å²) < 4.78 is 39.5. The molecule has 6 heteroatoms. The Morgan fingerprint density at radius 2 is 2.19 bits per heavy atom. The van der Waals surface area contributed by atoms with E-state index in [1.165, 1.54) is 18.2 Å². The SMILES string of the molecule is CC(COc1cccc(F)c1)CS(=O)(=O)Cl. The van der Waals surface area contributed by atoms with Gasteiger partial charge >= 0.3 is 0 Å². The zero-order chi connectivity index (χ0) is 12.2. The molecule has 0 aliphatic carbocycles. The van der Waals surface area contributed by atoms with Gasteiger partial charge in [-0.05, 0) is 12.1 Å². The molecule has 1 atom stereocenters. The van der Waals surface area contributed by atoms with E-state index in [0.717, 1.165) is 0 Å². The molecule has 0 N–H and O–H groups in total. The third kappa shape index (κ3) is 5.32. The second-order valence-electron chi connectivity index (χ2n) is 3.58. The second kappa shape index (κ2) is 5.50. The largest absolute Gasteiger partial charge is 0.493 e. The summed E-state index contributed by atoms with van der Waals surface area (Å²) in [6.45, 7) is 1.87. The van der Waals surface area contributed by atoms with E-state index in [2.05, 4.69) is 0 Å². The van der Waals surface area contributed by atoms with Crippen molar-refractivity contribution < 1.29 is 17.5 Å². The summed E-state index contributed by atoms with van der Waals surface area (Å²) >= 11 is 0. The predicted molar refractivity (Wildman–Crippen MR) is 60.7 cm³/mol. The van der Waals surface area contributed by atoms with Gasteiger partial charge in [0.25, 0.3) is 0 Å². The van der Waals surface area contributed by atoms with Gasteiger partial charge in [-0.3, -0.25) is 0 Å². The van der Waals surface area contributed by atoms with Crippen LogP contribution in [0.2, 0.25) is 0 Å². The normalized spacial score (nSPS) is 13.4. The first-order valence-electron chi connectivity index (χ1n) is 4.67. The molecule has 16 heavy (non-hydrogen) atoms. The van der Waals surface area contributed by atoms with Gasteiger partial charge in [0.2, 0.25) is 9.05 Å². The van der Waals surface area contributed by atoms with Crippen LogP contribution in [0.5, 0.6) is 5.75 Å². The molecule has 0 aromatic heterocycles. The lowest BCUT2D eigenvalue weighted by Crippen LogP contribution is -2.16. The molecule has 0 spiro atoms. The van der Waals surface area contributed by atoms with Crippen LogP contribution in [0.3, 0.4) is 0 Å². The van der Waals surface area contributed by atoms with Gasteiger partial charge in [0.15, 0.2) is 0 Å². The van der Waals surface area contributed by atoms with E-state index >= 15 is 0 Å². The average Bonchev–Trinajstić information content (AvgIpc) is 2.12. The highest BCUT2D eigenvalue weighted by Crippen LogP contribution is 2.14. The minimum atomic E-state index is -3.52. The Morgan fingerprint density at radius 3 is 2.75 bits per heavy atom. The van der Waals surface area contributed by atoms with Gasteiger partial charge in [-0.15, -0.1) is 0 Å². The third-order valence-corrected chi connectivity index (χ3v) is 3.16. The third-order valence-electron chi connectivity index (χ3n) is 1.81. The van der Waals surface area contributed by atoms with Crippen LogP contribution >= 0.6 is 10.7 Å². The first-order chi connectivity index (χ1) is 7.37. The minimum Gasteiger partial charge on any atom is -0.493 e. The van der Waals surface area contributed by atoms with Crippen LogP contribution in [0.1, 0.15) is 6.92 Å². The van der Waals surface area contributed by atoms with Crippen molar-refractivity contribution in [1.29, 1.82) is 0 Å². The molecule has 0 heterocycles. The zero-order valence-corrected chi connectivity index (χ0v) is 10.3. The van der Waals surface area contributed by atoms with E-state index in [1.54, 1.807) is 13.0 Å². The van der Waals surface area contributed by atoms with E-state index in [9.17, 15) is 12.8 Å². The van der Waals surface area contributed by atoms with Crippen molar-refractivity contribution in [2.24, 2.45) is 5.92 Å².